The lowest BCUT2D eigenvalue weighted by Gasteiger charge is -2.42. The normalized spacial score (nSPS) is 18.0. The van der Waals surface area contributed by atoms with Crippen LogP contribution in [0.2, 0.25) is 0 Å². The van der Waals surface area contributed by atoms with Crippen LogP contribution in [-0.2, 0) is 17.6 Å². The summed E-state index contributed by atoms with van der Waals surface area (Å²) >= 11 is 0.282. The number of hydrogen-bond donors (Lipinski definition) is 2. The van der Waals surface area contributed by atoms with Crippen molar-refractivity contribution in [3.63, 3.8) is 0 Å². The van der Waals surface area contributed by atoms with E-state index in [0.717, 1.165) is 5.32 Å². The summed E-state index contributed by atoms with van der Waals surface area (Å²) in [6.45, 7) is 5.52. The zero-order valence-corrected chi connectivity index (χ0v) is 23.1. The minimum atomic E-state index is -8.63. The van der Waals surface area contributed by atoms with Crippen molar-refractivity contribution in [3.8, 4) is 0 Å². The van der Waals surface area contributed by atoms with Gasteiger partial charge in [-0.1, -0.05) is 27.2 Å². The number of rotatable bonds is 12. The number of halogens is 16. The minimum Gasteiger partial charge on any atom is -0.365 e. The highest BCUT2D eigenvalue weighted by molar-refractivity contribution is 7.17. The highest BCUT2D eigenvalue weighted by Crippen LogP contribution is 2.63. The predicted octanol–water partition coefficient (Wildman–Crippen LogP) is 8.04. The van der Waals surface area contributed by atoms with E-state index in [1.807, 2.05) is 20.8 Å². The van der Waals surface area contributed by atoms with Gasteiger partial charge in [0.2, 0.25) is 0 Å². The molecule has 0 aliphatic heterocycles. The van der Waals surface area contributed by atoms with Crippen LogP contribution in [0.25, 0.3) is 0 Å². The smallest absolute Gasteiger partial charge is 0.365 e. The first-order chi connectivity index (χ1) is 19.4. The standard InChI is InChI=1S/C23H22F16N2O2S/c1-4-16(2,3)8-5-6-9-10(7-8)44-13(11(9)12(40)42)41-15(43)18(28,29)20(32,33)22(36,37)23(38,39)21(34,35)19(30,31)17(26,27)14(24)25/h8,14H,4-7H2,1-3H3,(H2,40,42)(H,41,43). The Balaban J connectivity index is 2.55. The molecule has 0 bridgehead atoms. The number of carbonyl (C=O) groups excluding carboxylic acids is 2. The third-order valence-corrected chi connectivity index (χ3v) is 8.87. The lowest BCUT2D eigenvalue weighted by Crippen LogP contribution is -2.74. The zero-order valence-electron chi connectivity index (χ0n) is 22.3. The maximum absolute atomic E-state index is 14.4. The summed E-state index contributed by atoms with van der Waals surface area (Å²) in [5.74, 6) is -62.0. The van der Waals surface area contributed by atoms with E-state index in [-0.39, 0.29) is 46.0 Å². The molecule has 3 N–H and O–H groups in total. The van der Waals surface area contributed by atoms with Crippen molar-refractivity contribution >= 4 is 28.2 Å². The third kappa shape index (κ3) is 5.27. The molecule has 1 heterocycles. The molecule has 0 spiro atoms. The Bertz CT molecular complexity index is 1270. The Hall–Kier alpha value is -2.48. The molecule has 4 nitrogen and oxygen atoms in total. The van der Waals surface area contributed by atoms with Crippen molar-refractivity contribution < 1.29 is 79.8 Å². The molecule has 0 saturated carbocycles. The van der Waals surface area contributed by atoms with Crippen LogP contribution in [0.15, 0.2) is 0 Å². The quantitative estimate of drug-likeness (QED) is 0.218. The highest BCUT2D eigenvalue weighted by atomic mass is 32.1. The first-order valence-electron chi connectivity index (χ1n) is 12.1. The van der Waals surface area contributed by atoms with Crippen LogP contribution in [0.4, 0.5) is 75.2 Å². The first-order valence-corrected chi connectivity index (χ1v) is 12.9. The van der Waals surface area contributed by atoms with E-state index < -0.39 is 70.3 Å². The molecule has 0 radical (unpaired) electrons. The van der Waals surface area contributed by atoms with Gasteiger partial charge in [-0.05, 0) is 36.2 Å². The summed E-state index contributed by atoms with van der Waals surface area (Å²) in [6.07, 6.45) is -4.86. The minimum absolute atomic E-state index is 0.0114. The summed E-state index contributed by atoms with van der Waals surface area (Å²) in [7, 11) is 0. The van der Waals surface area contributed by atoms with Crippen molar-refractivity contribution in [3.05, 3.63) is 16.0 Å². The second kappa shape index (κ2) is 11.1. The van der Waals surface area contributed by atoms with Crippen molar-refractivity contribution in [1.82, 2.24) is 0 Å². The van der Waals surface area contributed by atoms with Gasteiger partial charge in [0.1, 0.15) is 5.00 Å². The Morgan fingerprint density at radius 2 is 1.30 bits per heavy atom. The summed E-state index contributed by atoms with van der Waals surface area (Å²) < 4.78 is 218. The van der Waals surface area contributed by atoms with Gasteiger partial charge in [0.05, 0.1) is 5.56 Å². The van der Waals surface area contributed by atoms with Crippen molar-refractivity contribution in [2.24, 2.45) is 17.1 Å². The Labute approximate surface area is 241 Å². The van der Waals surface area contributed by atoms with Gasteiger partial charge in [0.15, 0.2) is 0 Å². The van der Waals surface area contributed by atoms with Crippen LogP contribution < -0.4 is 11.1 Å². The number of carbonyl (C=O) groups is 2. The van der Waals surface area contributed by atoms with Crippen molar-refractivity contribution in [2.45, 2.75) is 94.3 Å². The molecule has 0 saturated heterocycles. The molecule has 44 heavy (non-hydrogen) atoms. The fourth-order valence-electron chi connectivity index (χ4n) is 4.35. The van der Waals surface area contributed by atoms with Crippen LogP contribution >= 0.6 is 11.3 Å². The van der Waals surface area contributed by atoms with E-state index in [2.05, 4.69) is 0 Å². The SMILES string of the molecule is CCC(C)(C)C1CCc2c(sc(NC(=O)C(F)(F)C(F)(F)C(F)(F)C(F)(F)C(F)(F)C(F)(F)C(F)(F)C(F)F)c2C(N)=O)C1. The van der Waals surface area contributed by atoms with Gasteiger partial charge in [-0.15, -0.1) is 11.3 Å². The number of fused-ring (bicyclic) bond motifs is 1. The van der Waals surface area contributed by atoms with E-state index in [9.17, 15) is 79.8 Å². The molecule has 1 aromatic heterocycles. The van der Waals surface area contributed by atoms with Crippen LogP contribution in [0.3, 0.4) is 0 Å². The number of nitrogens with two attached hydrogens (primary N) is 1. The second-order valence-corrected chi connectivity index (χ2v) is 11.8. The molecule has 1 aliphatic rings. The van der Waals surface area contributed by atoms with Gasteiger partial charge in [0, 0.05) is 4.88 Å². The summed E-state index contributed by atoms with van der Waals surface area (Å²) in [5, 5.41) is -0.158. The number of amides is 2. The molecular formula is C23H22F16N2O2S. The maximum atomic E-state index is 14.4. The number of anilines is 1. The van der Waals surface area contributed by atoms with E-state index in [0.29, 0.717) is 12.8 Å². The molecule has 0 aromatic carbocycles. The molecule has 1 unspecified atom stereocenters. The number of nitrogens with one attached hydrogen (secondary N) is 1. The van der Waals surface area contributed by atoms with Gasteiger partial charge < -0.3 is 11.1 Å². The van der Waals surface area contributed by atoms with Gasteiger partial charge in [-0.2, -0.15) is 61.5 Å². The lowest BCUT2D eigenvalue weighted by molar-refractivity contribution is -0.443. The molecule has 1 atom stereocenters. The number of alkyl halides is 16. The Morgan fingerprint density at radius 1 is 0.841 bits per heavy atom. The van der Waals surface area contributed by atoms with E-state index in [1.165, 1.54) is 0 Å². The monoisotopic (exact) mass is 694 g/mol. The van der Waals surface area contributed by atoms with Gasteiger partial charge >= 0.3 is 53.8 Å². The number of hydrogen-bond acceptors (Lipinski definition) is 3. The summed E-state index contributed by atoms with van der Waals surface area (Å²) in [5.41, 5.74) is 4.09. The number of primary amides is 1. The van der Waals surface area contributed by atoms with Crippen LogP contribution in [-0.4, -0.2) is 59.7 Å². The topological polar surface area (TPSA) is 72.2 Å². The second-order valence-electron chi connectivity index (χ2n) is 10.7. The van der Waals surface area contributed by atoms with Crippen molar-refractivity contribution in [2.75, 3.05) is 5.32 Å². The lowest BCUT2D eigenvalue weighted by atomic mass is 9.69. The van der Waals surface area contributed by atoms with E-state index in [1.54, 1.807) is 0 Å². The first kappa shape index (κ1) is 37.7. The molecule has 1 aliphatic carbocycles. The zero-order chi connectivity index (χ0) is 34.9. The summed E-state index contributed by atoms with van der Waals surface area (Å²) in [4.78, 5) is 24.3. The van der Waals surface area contributed by atoms with Gasteiger partial charge in [0.25, 0.3) is 5.91 Å². The maximum Gasteiger partial charge on any atom is 0.393 e. The van der Waals surface area contributed by atoms with Gasteiger partial charge in [-0.3, -0.25) is 9.59 Å². The molecule has 2 rings (SSSR count). The van der Waals surface area contributed by atoms with Crippen molar-refractivity contribution in [1.29, 1.82) is 0 Å². The average molecular weight is 694 g/mol. The molecule has 2 amide bonds. The van der Waals surface area contributed by atoms with Crippen LogP contribution in [0.5, 0.6) is 0 Å². The fraction of sp³-hybridized carbons (Fsp3) is 0.739. The largest absolute Gasteiger partial charge is 0.393 e. The highest BCUT2D eigenvalue weighted by Gasteiger charge is 2.94. The van der Waals surface area contributed by atoms with Gasteiger partial charge in [-0.25, -0.2) is 8.78 Å². The number of thiophene rings is 1. The average Bonchev–Trinajstić information content (AvgIpc) is 3.24. The van der Waals surface area contributed by atoms with E-state index >= 15 is 0 Å². The van der Waals surface area contributed by atoms with Crippen LogP contribution in [0.1, 0.15) is 54.4 Å². The third-order valence-electron chi connectivity index (χ3n) is 7.70. The molecule has 21 heteroatoms. The predicted molar refractivity (Wildman–Crippen MR) is 122 cm³/mol. The Morgan fingerprint density at radius 3 is 1.73 bits per heavy atom. The van der Waals surface area contributed by atoms with E-state index in [4.69, 9.17) is 5.73 Å². The Kier molecular flexibility index (Phi) is 9.51. The van der Waals surface area contributed by atoms with Crippen LogP contribution in [0, 0.1) is 11.3 Å². The molecular weight excluding hydrogens is 672 g/mol. The summed E-state index contributed by atoms with van der Waals surface area (Å²) in [6, 6.07) is 0. The fourth-order valence-corrected chi connectivity index (χ4v) is 5.68. The molecule has 1 aromatic rings. The molecule has 0 fully saturated rings. The molecule has 254 valence electrons.